The molecule has 0 saturated heterocycles. The Morgan fingerprint density at radius 2 is 1.95 bits per heavy atom. The van der Waals surface area contributed by atoms with Gasteiger partial charge < -0.3 is 20.1 Å². The first-order chi connectivity index (χ1) is 10.3. The molecule has 0 bridgehead atoms. The molecule has 7 nitrogen and oxygen atoms in total. The van der Waals surface area contributed by atoms with Crippen molar-refractivity contribution in [2.45, 2.75) is 32.9 Å². The second kappa shape index (κ2) is 8.33. The molecule has 0 aliphatic rings. The van der Waals surface area contributed by atoms with Crippen molar-refractivity contribution in [3.8, 4) is 0 Å². The van der Waals surface area contributed by atoms with Gasteiger partial charge in [-0.25, -0.2) is 14.6 Å². The van der Waals surface area contributed by atoms with Crippen LogP contribution in [0.2, 0.25) is 0 Å². The van der Waals surface area contributed by atoms with Crippen LogP contribution in [0.1, 0.15) is 37.0 Å². The van der Waals surface area contributed by atoms with Gasteiger partial charge >= 0.3 is 12.1 Å². The fourth-order valence-electron chi connectivity index (χ4n) is 1.58. The zero-order valence-electron chi connectivity index (χ0n) is 13.4. The summed E-state index contributed by atoms with van der Waals surface area (Å²) in [5.74, 6) is -0.464. The standard InChI is InChI=1S/C15H23N3O4/c1-15(2,3)22-14(20)17-9-8-16-10-11-6-5-7-12(18-11)13(19)21-4/h5-7,16H,8-10H2,1-4H3,(H,17,20). The highest BCUT2D eigenvalue weighted by Crippen LogP contribution is 2.06. The first kappa shape index (κ1) is 17.9. The predicted octanol–water partition coefficient (Wildman–Crippen LogP) is 1.48. The van der Waals surface area contributed by atoms with E-state index in [0.717, 1.165) is 5.69 Å². The molecule has 2 N–H and O–H groups in total. The van der Waals surface area contributed by atoms with Gasteiger partial charge in [-0.1, -0.05) is 6.07 Å². The molecule has 1 heterocycles. The zero-order valence-corrected chi connectivity index (χ0v) is 13.4. The van der Waals surface area contributed by atoms with Crippen LogP contribution in [-0.2, 0) is 16.0 Å². The smallest absolute Gasteiger partial charge is 0.407 e. The van der Waals surface area contributed by atoms with Crippen LogP contribution in [0.5, 0.6) is 0 Å². The van der Waals surface area contributed by atoms with Gasteiger partial charge in [-0.05, 0) is 32.9 Å². The van der Waals surface area contributed by atoms with Crippen molar-refractivity contribution in [3.05, 3.63) is 29.6 Å². The maximum absolute atomic E-state index is 11.4. The molecule has 1 aromatic heterocycles. The van der Waals surface area contributed by atoms with Crippen molar-refractivity contribution in [1.82, 2.24) is 15.6 Å². The van der Waals surface area contributed by atoms with E-state index in [1.165, 1.54) is 7.11 Å². The van der Waals surface area contributed by atoms with Gasteiger partial charge in [0.15, 0.2) is 0 Å². The third-order valence-electron chi connectivity index (χ3n) is 2.48. The van der Waals surface area contributed by atoms with Gasteiger partial charge in [-0.3, -0.25) is 0 Å². The highest BCUT2D eigenvalue weighted by molar-refractivity contribution is 5.87. The highest BCUT2D eigenvalue weighted by Gasteiger charge is 2.15. The number of carbonyl (C=O) groups is 2. The molecule has 1 amide bonds. The Morgan fingerprint density at radius 3 is 2.59 bits per heavy atom. The summed E-state index contributed by atoms with van der Waals surface area (Å²) in [7, 11) is 1.32. The number of hydrogen-bond acceptors (Lipinski definition) is 6. The van der Waals surface area contributed by atoms with Crippen LogP contribution in [0, 0.1) is 0 Å². The van der Waals surface area contributed by atoms with E-state index in [2.05, 4.69) is 20.4 Å². The summed E-state index contributed by atoms with van der Waals surface area (Å²) in [6.45, 7) is 6.91. The maximum atomic E-state index is 11.4. The second-order valence-electron chi connectivity index (χ2n) is 5.61. The number of amides is 1. The molecule has 0 aliphatic carbocycles. The van der Waals surface area contributed by atoms with Crippen molar-refractivity contribution in [2.75, 3.05) is 20.2 Å². The Morgan fingerprint density at radius 1 is 1.23 bits per heavy atom. The maximum Gasteiger partial charge on any atom is 0.407 e. The van der Waals surface area contributed by atoms with Crippen LogP contribution in [-0.4, -0.2) is 42.8 Å². The number of carbonyl (C=O) groups excluding carboxylic acids is 2. The lowest BCUT2D eigenvalue weighted by Crippen LogP contribution is -2.36. The monoisotopic (exact) mass is 309 g/mol. The predicted molar refractivity (Wildman–Crippen MR) is 81.5 cm³/mol. The number of nitrogens with one attached hydrogen (secondary N) is 2. The fourth-order valence-corrected chi connectivity index (χ4v) is 1.58. The minimum absolute atomic E-state index is 0.272. The summed E-state index contributed by atoms with van der Waals surface area (Å²) >= 11 is 0. The van der Waals surface area contributed by atoms with Crippen molar-refractivity contribution < 1.29 is 19.1 Å². The van der Waals surface area contributed by atoms with Gasteiger partial charge in [-0.15, -0.1) is 0 Å². The van der Waals surface area contributed by atoms with Crippen molar-refractivity contribution in [2.24, 2.45) is 0 Å². The normalized spacial score (nSPS) is 10.9. The number of ether oxygens (including phenoxy) is 2. The molecule has 7 heteroatoms. The Kier molecular flexibility index (Phi) is 6.78. The van der Waals surface area contributed by atoms with Crippen LogP contribution >= 0.6 is 0 Å². The van der Waals surface area contributed by atoms with E-state index in [1.54, 1.807) is 18.2 Å². The van der Waals surface area contributed by atoms with Crippen LogP contribution in [0.3, 0.4) is 0 Å². The summed E-state index contributed by atoms with van der Waals surface area (Å²) in [6, 6.07) is 5.15. The molecule has 0 saturated carbocycles. The van der Waals surface area contributed by atoms with E-state index in [1.807, 2.05) is 20.8 Å². The van der Waals surface area contributed by atoms with E-state index in [0.29, 0.717) is 19.6 Å². The van der Waals surface area contributed by atoms with Crippen LogP contribution in [0.25, 0.3) is 0 Å². The molecule has 1 rings (SSSR count). The Bertz CT molecular complexity index is 512. The Balaban J connectivity index is 2.28. The van der Waals surface area contributed by atoms with E-state index in [-0.39, 0.29) is 5.69 Å². The molecule has 0 unspecified atom stereocenters. The summed E-state index contributed by atoms with van der Waals surface area (Å²) in [6.07, 6.45) is -0.444. The average molecular weight is 309 g/mol. The van der Waals surface area contributed by atoms with Gasteiger partial charge in [0.2, 0.25) is 0 Å². The van der Waals surface area contributed by atoms with Gasteiger partial charge in [0.1, 0.15) is 11.3 Å². The highest BCUT2D eigenvalue weighted by atomic mass is 16.6. The lowest BCUT2D eigenvalue weighted by atomic mass is 10.2. The molecule has 0 spiro atoms. The Hall–Kier alpha value is -2.15. The summed E-state index contributed by atoms with van der Waals surface area (Å²) in [5, 5.41) is 5.77. The van der Waals surface area contributed by atoms with Gasteiger partial charge in [0.25, 0.3) is 0 Å². The van der Waals surface area contributed by atoms with E-state index < -0.39 is 17.7 Å². The number of alkyl carbamates (subject to hydrolysis) is 1. The molecule has 0 aliphatic heterocycles. The topological polar surface area (TPSA) is 89.6 Å². The van der Waals surface area contributed by atoms with E-state index >= 15 is 0 Å². The first-order valence-electron chi connectivity index (χ1n) is 7.03. The minimum Gasteiger partial charge on any atom is -0.464 e. The number of nitrogens with zero attached hydrogens (tertiary/aromatic N) is 1. The average Bonchev–Trinajstić information content (AvgIpc) is 2.44. The lowest BCUT2D eigenvalue weighted by Gasteiger charge is -2.19. The number of pyridine rings is 1. The molecule has 22 heavy (non-hydrogen) atoms. The van der Waals surface area contributed by atoms with E-state index in [4.69, 9.17) is 4.74 Å². The third kappa shape index (κ3) is 7.03. The zero-order chi connectivity index (χ0) is 16.6. The number of methoxy groups -OCH3 is 1. The van der Waals surface area contributed by atoms with Crippen LogP contribution < -0.4 is 10.6 Å². The molecule has 0 atom stereocenters. The number of aromatic nitrogens is 1. The Labute approximate surface area is 130 Å². The summed E-state index contributed by atoms with van der Waals surface area (Å²) < 4.78 is 9.73. The van der Waals surface area contributed by atoms with E-state index in [9.17, 15) is 9.59 Å². The molecule has 0 fully saturated rings. The van der Waals surface area contributed by atoms with Crippen molar-refractivity contribution in [1.29, 1.82) is 0 Å². The largest absolute Gasteiger partial charge is 0.464 e. The molecule has 1 aromatic rings. The van der Waals surface area contributed by atoms with Gasteiger partial charge in [-0.2, -0.15) is 0 Å². The first-order valence-corrected chi connectivity index (χ1v) is 7.03. The number of esters is 1. The lowest BCUT2D eigenvalue weighted by molar-refractivity contribution is 0.0526. The minimum atomic E-state index is -0.504. The molecule has 122 valence electrons. The second-order valence-corrected chi connectivity index (χ2v) is 5.61. The summed E-state index contributed by atoms with van der Waals surface area (Å²) in [5.41, 5.74) is 0.490. The van der Waals surface area contributed by atoms with Gasteiger partial charge in [0.05, 0.1) is 12.8 Å². The summed E-state index contributed by atoms with van der Waals surface area (Å²) in [4.78, 5) is 27.0. The SMILES string of the molecule is COC(=O)c1cccc(CNCCNC(=O)OC(C)(C)C)n1. The molecular formula is C15H23N3O4. The van der Waals surface area contributed by atoms with Crippen LogP contribution in [0.15, 0.2) is 18.2 Å². The molecular weight excluding hydrogens is 286 g/mol. The number of rotatable bonds is 6. The van der Waals surface area contributed by atoms with Gasteiger partial charge in [0, 0.05) is 19.6 Å². The van der Waals surface area contributed by atoms with Crippen molar-refractivity contribution >= 4 is 12.1 Å². The third-order valence-corrected chi connectivity index (χ3v) is 2.48. The van der Waals surface area contributed by atoms with Crippen LogP contribution in [0.4, 0.5) is 4.79 Å². The molecule has 0 aromatic carbocycles. The number of hydrogen-bond donors (Lipinski definition) is 2. The fraction of sp³-hybridized carbons (Fsp3) is 0.533. The quantitative estimate of drug-likeness (QED) is 0.611. The van der Waals surface area contributed by atoms with Crippen molar-refractivity contribution in [3.63, 3.8) is 0 Å². The molecule has 0 radical (unpaired) electrons.